The molecule has 4 heterocycles. The van der Waals surface area contributed by atoms with Gasteiger partial charge in [-0.05, 0) is 50.4 Å². The second-order valence-corrected chi connectivity index (χ2v) is 8.46. The van der Waals surface area contributed by atoms with Crippen LogP contribution in [0.1, 0.15) is 53.6 Å². The van der Waals surface area contributed by atoms with E-state index in [-0.39, 0.29) is 5.91 Å². The van der Waals surface area contributed by atoms with E-state index in [4.69, 9.17) is 0 Å². The number of hydrogen-bond donors (Lipinski definition) is 1. The number of rotatable bonds is 3. The summed E-state index contributed by atoms with van der Waals surface area (Å²) in [6.07, 6.45) is 5.60. The number of aromatic nitrogens is 3. The Morgan fingerprint density at radius 2 is 1.93 bits per heavy atom. The van der Waals surface area contributed by atoms with Gasteiger partial charge in [0.2, 0.25) is 0 Å². The average Bonchev–Trinajstić information content (AvgIpc) is 3.41. The van der Waals surface area contributed by atoms with Crippen molar-refractivity contribution in [2.75, 3.05) is 44.2 Å². The van der Waals surface area contributed by atoms with E-state index in [1.807, 2.05) is 17.0 Å². The molecule has 154 valence electrons. The second kappa shape index (κ2) is 8.14. The van der Waals surface area contributed by atoms with Crippen LogP contribution in [0.3, 0.4) is 0 Å². The number of carbonyl (C=O) groups is 1. The monoisotopic (exact) mass is 394 g/mol. The van der Waals surface area contributed by atoms with Crippen molar-refractivity contribution in [2.45, 2.75) is 44.6 Å². The maximum atomic E-state index is 13.2. The van der Waals surface area contributed by atoms with E-state index >= 15 is 0 Å². The Morgan fingerprint density at radius 3 is 2.76 bits per heavy atom. The van der Waals surface area contributed by atoms with Gasteiger partial charge in [0.1, 0.15) is 11.6 Å². The quantitative estimate of drug-likeness (QED) is 0.863. The minimum atomic E-state index is 0.130. The van der Waals surface area contributed by atoms with Crippen LogP contribution in [0.15, 0.2) is 24.3 Å². The van der Waals surface area contributed by atoms with Gasteiger partial charge in [-0.25, -0.2) is 0 Å². The molecule has 3 aliphatic rings. The van der Waals surface area contributed by atoms with Gasteiger partial charge < -0.3 is 19.7 Å². The fourth-order valence-electron chi connectivity index (χ4n) is 4.92. The Hall–Kier alpha value is -2.41. The average molecular weight is 395 g/mol. The SMILES string of the molecule is O=C(c1cccc(N2CCCC2)c1)N1CCc2nnc(C3CCCNC3)n2CC1. The number of fused-ring (bicyclic) bond motifs is 1. The molecule has 2 fully saturated rings. The maximum Gasteiger partial charge on any atom is 0.254 e. The van der Waals surface area contributed by atoms with Crippen LogP contribution in [0.5, 0.6) is 0 Å². The number of benzene rings is 1. The lowest BCUT2D eigenvalue weighted by atomic mass is 9.99. The van der Waals surface area contributed by atoms with Crippen molar-refractivity contribution < 1.29 is 4.79 Å². The first kappa shape index (κ1) is 18.6. The lowest BCUT2D eigenvalue weighted by molar-refractivity contribution is 0.0758. The van der Waals surface area contributed by atoms with Gasteiger partial charge in [0.15, 0.2) is 0 Å². The summed E-state index contributed by atoms with van der Waals surface area (Å²) in [5, 5.41) is 12.4. The highest BCUT2D eigenvalue weighted by molar-refractivity contribution is 5.95. The van der Waals surface area contributed by atoms with Gasteiger partial charge in [0, 0.05) is 62.9 Å². The van der Waals surface area contributed by atoms with Crippen molar-refractivity contribution in [1.82, 2.24) is 25.0 Å². The fourth-order valence-corrected chi connectivity index (χ4v) is 4.92. The van der Waals surface area contributed by atoms with E-state index in [0.717, 1.165) is 62.8 Å². The summed E-state index contributed by atoms with van der Waals surface area (Å²) < 4.78 is 2.27. The van der Waals surface area contributed by atoms with Crippen molar-refractivity contribution >= 4 is 11.6 Å². The van der Waals surface area contributed by atoms with Crippen molar-refractivity contribution in [3.05, 3.63) is 41.5 Å². The van der Waals surface area contributed by atoms with Gasteiger partial charge in [-0.15, -0.1) is 10.2 Å². The molecule has 7 heteroatoms. The number of carbonyl (C=O) groups excluding carboxylic acids is 1. The number of piperidine rings is 1. The van der Waals surface area contributed by atoms with Crippen molar-refractivity contribution in [3.63, 3.8) is 0 Å². The summed E-state index contributed by atoms with van der Waals surface area (Å²) >= 11 is 0. The van der Waals surface area contributed by atoms with E-state index < -0.39 is 0 Å². The van der Waals surface area contributed by atoms with Gasteiger partial charge in [0.25, 0.3) is 5.91 Å². The number of amides is 1. The Labute approximate surface area is 172 Å². The number of hydrogen-bond acceptors (Lipinski definition) is 5. The second-order valence-electron chi connectivity index (χ2n) is 8.46. The predicted molar refractivity (Wildman–Crippen MR) is 112 cm³/mol. The zero-order valence-corrected chi connectivity index (χ0v) is 17.0. The summed E-state index contributed by atoms with van der Waals surface area (Å²) in [6, 6.07) is 8.15. The summed E-state index contributed by atoms with van der Waals surface area (Å²) in [4.78, 5) is 17.6. The molecule has 1 aromatic carbocycles. The molecule has 1 atom stereocenters. The van der Waals surface area contributed by atoms with Gasteiger partial charge in [-0.1, -0.05) is 6.07 Å². The maximum absolute atomic E-state index is 13.2. The van der Waals surface area contributed by atoms with Crippen LogP contribution in [-0.4, -0.2) is 64.8 Å². The van der Waals surface area contributed by atoms with Crippen LogP contribution in [0.2, 0.25) is 0 Å². The minimum Gasteiger partial charge on any atom is -0.372 e. The molecule has 2 aromatic rings. The first-order chi connectivity index (χ1) is 14.3. The first-order valence-electron chi connectivity index (χ1n) is 11.1. The third-order valence-electron chi connectivity index (χ3n) is 6.57. The molecule has 5 rings (SSSR count). The van der Waals surface area contributed by atoms with Crippen LogP contribution >= 0.6 is 0 Å². The predicted octanol–water partition coefficient (Wildman–Crippen LogP) is 2.04. The third-order valence-corrected chi connectivity index (χ3v) is 6.57. The first-order valence-corrected chi connectivity index (χ1v) is 11.1. The van der Waals surface area contributed by atoms with Crippen LogP contribution < -0.4 is 10.2 Å². The van der Waals surface area contributed by atoms with Crippen molar-refractivity contribution in [3.8, 4) is 0 Å². The zero-order valence-electron chi connectivity index (χ0n) is 17.0. The molecule has 1 amide bonds. The van der Waals surface area contributed by atoms with E-state index in [2.05, 4.69) is 37.1 Å². The molecule has 7 nitrogen and oxygen atoms in total. The van der Waals surface area contributed by atoms with E-state index in [1.165, 1.54) is 24.9 Å². The Bertz CT molecular complexity index is 866. The van der Waals surface area contributed by atoms with E-state index in [9.17, 15) is 4.79 Å². The molecule has 0 aliphatic carbocycles. The normalized spacial score (nSPS) is 22.4. The molecule has 0 spiro atoms. The van der Waals surface area contributed by atoms with Gasteiger partial charge in [0.05, 0.1) is 0 Å². The summed E-state index contributed by atoms with van der Waals surface area (Å²) in [6.45, 7) is 6.45. The minimum absolute atomic E-state index is 0.130. The third kappa shape index (κ3) is 3.75. The molecule has 0 saturated carbocycles. The van der Waals surface area contributed by atoms with Gasteiger partial charge in [-0.2, -0.15) is 0 Å². The lowest BCUT2D eigenvalue weighted by Crippen LogP contribution is -2.34. The molecule has 29 heavy (non-hydrogen) atoms. The molecule has 1 unspecified atom stereocenters. The zero-order chi connectivity index (χ0) is 19.6. The Balaban J connectivity index is 1.30. The lowest BCUT2D eigenvalue weighted by Gasteiger charge is -2.24. The molecule has 0 bridgehead atoms. The Kier molecular flexibility index (Phi) is 5.23. The molecule has 1 N–H and O–H groups in total. The number of nitrogens with zero attached hydrogens (tertiary/aromatic N) is 5. The fraction of sp³-hybridized carbons (Fsp3) is 0.591. The smallest absolute Gasteiger partial charge is 0.254 e. The standard InChI is InChI=1S/C22H30N6O/c29-22(17-5-3-7-19(15-17)26-10-1-2-11-26)27-12-8-20-24-25-21(28(20)14-13-27)18-6-4-9-23-16-18/h3,5,7,15,18,23H,1-2,4,6,8-14,16H2. The molecule has 0 radical (unpaired) electrons. The van der Waals surface area contributed by atoms with E-state index in [0.29, 0.717) is 19.0 Å². The highest BCUT2D eigenvalue weighted by Gasteiger charge is 2.27. The molecule has 2 saturated heterocycles. The van der Waals surface area contributed by atoms with Crippen LogP contribution in [0, 0.1) is 0 Å². The molecule has 3 aliphatic heterocycles. The van der Waals surface area contributed by atoms with Gasteiger partial charge in [-0.3, -0.25) is 4.79 Å². The van der Waals surface area contributed by atoms with E-state index in [1.54, 1.807) is 0 Å². The summed E-state index contributed by atoms with van der Waals surface area (Å²) in [5.74, 6) is 2.68. The molecular weight excluding hydrogens is 364 g/mol. The van der Waals surface area contributed by atoms with Crippen molar-refractivity contribution in [2.24, 2.45) is 0 Å². The topological polar surface area (TPSA) is 66.3 Å². The molecule has 1 aromatic heterocycles. The van der Waals surface area contributed by atoms with Crippen LogP contribution in [0.4, 0.5) is 5.69 Å². The summed E-state index contributed by atoms with van der Waals surface area (Å²) in [5.41, 5.74) is 1.97. The number of nitrogens with one attached hydrogen (secondary N) is 1. The highest BCUT2D eigenvalue weighted by atomic mass is 16.2. The van der Waals surface area contributed by atoms with Crippen molar-refractivity contribution in [1.29, 1.82) is 0 Å². The largest absolute Gasteiger partial charge is 0.372 e. The van der Waals surface area contributed by atoms with Gasteiger partial charge >= 0.3 is 0 Å². The number of anilines is 1. The summed E-state index contributed by atoms with van der Waals surface area (Å²) in [7, 11) is 0. The highest BCUT2D eigenvalue weighted by Crippen LogP contribution is 2.25. The van der Waals surface area contributed by atoms with Crippen LogP contribution in [0.25, 0.3) is 0 Å². The Morgan fingerprint density at radius 1 is 1.03 bits per heavy atom. The van der Waals surface area contributed by atoms with Crippen LogP contribution in [-0.2, 0) is 13.0 Å². The molecular formula is C22H30N6O.